The van der Waals surface area contributed by atoms with Gasteiger partial charge in [0.1, 0.15) is 0 Å². The Morgan fingerprint density at radius 2 is 1.32 bits per heavy atom. The zero-order chi connectivity index (χ0) is 15.2. The number of carbonyl (C=O) groups is 2. The molecule has 0 unspecified atom stereocenters. The molecule has 0 rings (SSSR count). The molecule has 1 N–H and O–H groups in total. The van der Waals surface area contributed by atoms with Crippen molar-refractivity contribution in [2.24, 2.45) is 11.8 Å². The molecule has 0 aliphatic rings. The molecule has 0 atom stereocenters. The van der Waals surface area contributed by atoms with Crippen molar-refractivity contribution in [1.29, 1.82) is 0 Å². The molecule has 0 spiro atoms. The van der Waals surface area contributed by atoms with E-state index in [2.05, 4.69) is 0 Å². The van der Waals surface area contributed by atoms with E-state index in [0.29, 0.717) is 18.4 Å². The van der Waals surface area contributed by atoms with Crippen LogP contribution in [-0.2, 0) is 14.3 Å². The Labute approximate surface area is 115 Å². The molecule has 4 heteroatoms. The topological polar surface area (TPSA) is 63.6 Å². The first-order valence-electron chi connectivity index (χ1n) is 6.81. The van der Waals surface area contributed by atoms with Gasteiger partial charge in [-0.3, -0.25) is 0 Å². The Kier molecular flexibility index (Phi) is 7.42. The van der Waals surface area contributed by atoms with Gasteiger partial charge in [-0.2, -0.15) is 0 Å². The third-order valence-corrected chi connectivity index (χ3v) is 2.44. The average molecular weight is 270 g/mol. The van der Waals surface area contributed by atoms with Gasteiger partial charge in [0.2, 0.25) is 0 Å². The van der Waals surface area contributed by atoms with Crippen LogP contribution in [0.15, 0.2) is 11.1 Å². The summed E-state index contributed by atoms with van der Waals surface area (Å²) in [6, 6.07) is 0. The Balaban J connectivity index is 5.46. The maximum Gasteiger partial charge on any atom is 0.334 e. The normalized spacial score (nSPS) is 12.9. The van der Waals surface area contributed by atoms with Crippen molar-refractivity contribution in [1.82, 2.24) is 0 Å². The van der Waals surface area contributed by atoms with Crippen LogP contribution in [0, 0.1) is 11.8 Å². The molecule has 0 aromatic heterocycles. The molecule has 0 bridgehead atoms. The Bertz CT molecular complexity index is 351. The van der Waals surface area contributed by atoms with Crippen LogP contribution in [0.4, 0.5) is 0 Å². The molecular formula is C15H26O4. The maximum absolute atomic E-state index is 12.1. The molecule has 110 valence electrons. The molecule has 19 heavy (non-hydrogen) atoms. The Morgan fingerprint density at radius 1 is 0.895 bits per heavy atom. The third-order valence-electron chi connectivity index (χ3n) is 2.44. The molecule has 0 aromatic carbocycles. The van der Waals surface area contributed by atoms with Crippen molar-refractivity contribution in [2.45, 2.75) is 60.5 Å². The molecule has 4 nitrogen and oxygen atoms in total. The smallest absolute Gasteiger partial charge is 0.334 e. The van der Waals surface area contributed by atoms with Gasteiger partial charge in [-0.05, 0) is 38.5 Å². The summed E-state index contributed by atoms with van der Waals surface area (Å²) in [5.74, 6) is -1.14. The maximum atomic E-state index is 12.1. The lowest BCUT2D eigenvalue weighted by Gasteiger charge is -2.16. The van der Waals surface area contributed by atoms with Gasteiger partial charge in [-0.25, -0.2) is 9.59 Å². The fraction of sp³-hybridized carbons (Fsp3) is 0.733. The van der Waals surface area contributed by atoms with Gasteiger partial charge < -0.3 is 9.84 Å². The quantitative estimate of drug-likeness (QED) is 0.569. The third kappa shape index (κ3) is 6.99. The van der Waals surface area contributed by atoms with Gasteiger partial charge in [0.15, 0.2) is 0 Å². The van der Waals surface area contributed by atoms with Crippen LogP contribution in [0.25, 0.3) is 0 Å². The minimum atomic E-state index is -1.02. The number of hydrogen-bond acceptors (Lipinski definition) is 3. The van der Waals surface area contributed by atoms with Crippen LogP contribution in [0.5, 0.6) is 0 Å². The molecule has 0 radical (unpaired) electrons. The van der Waals surface area contributed by atoms with E-state index in [9.17, 15) is 14.7 Å². The fourth-order valence-electron chi connectivity index (χ4n) is 1.77. The number of carboxylic acids is 1. The molecule has 0 saturated heterocycles. The second-order valence-electron chi connectivity index (χ2n) is 5.91. The van der Waals surface area contributed by atoms with Crippen LogP contribution < -0.4 is 0 Å². The fourth-order valence-corrected chi connectivity index (χ4v) is 1.77. The molecular weight excluding hydrogens is 244 g/mol. The molecule has 0 aliphatic carbocycles. The minimum absolute atomic E-state index is 0.181. The first kappa shape index (κ1) is 17.7. The van der Waals surface area contributed by atoms with Gasteiger partial charge in [-0.15, -0.1) is 0 Å². The number of hydrogen-bond donors (Lipinski definition) is 1. The molecule has 0 fully saturated rings. The number of carboxylic acid groups (broad SMARTS) is 1. The SMILES string of the molecule is CC(C)C/C(C(=O)O)=C(\CC(C)C)C(=O)OC(C)C. The first-order valence-corrected chi connectivity index (χ1v) is 6.81. The van der Waals surface area contributed by atoms with Crippen molar-refractivity contribution >= 4 is 11.9 Å². The number of aliphatic carboxylic acids is 1. The zero-order valence-electron chi connectivity index (χ0n) is 12.8. The number of esters is 1. The van der Waals surface area contributed by atoms with E-state index in [1.165, 1.54) is 0 Å². The summed E-state index contributed by atoms with van der Waals surface area (Å²) >= 11 is 0. The van der Waals surface area contributed by atoms with E-state index in [1.807, 2.05) is 27.7 Å². The van der Waals surface area contributed by atoms with Crippen LogP contribution in [0.2, 0.25) is 0 Å². The highest BCUT2D eigenvalue weighted by molar-refractivity contribution is 5.99. The summed E-state index contributed by atoms with van der Waals surface area (Å²) in [4.78, 5) is 23.5. The Hall–Kier alpha value is -1.32. The lowest BCUT2D eigenvalue weighted by atomic mass is 9.93. The standard InChI is InChI=1S/C15H26O4/c1-9(2)7-12(14(16)17)13(8-10(3)4)15(18)19-11(5)6/h9-11H,7-8H2,1-6H3,(H,16,17)/b13-12-. The summed E-state index contributed by atoms with van der Waals surface area (Å²) in [5.41, 5.74) is 0.499. The van der Waals surface area contributed by atoms with Crippen molar-refractivity contribution in [3.63, 3.8) is 0 Å². The lowest BCUT2D eigenvalue weighted by molar-refractivity contribution is -0.144. The molecule has 0 saturated carbocycles. The van der Waals surface area contributed by atoms with Crippen molar-refractivity contribution < 1.29 is 19.4 Å². The highest BCUT2D eigenvalue weighted by Crippen LogP contribution is 2.23. The second-order valence-corrected chi connectivity index (χ2v) is 5.91. The van der Waals surface area contributed by atoms with E-state index in [4.69, 9.17) is 4.74 Å². The summed E-state index contributed by atoms with van der Waals surface area (Å²) in [7, 11) is 0. The Morgan fingerprint density at radius 3 is 1.63 bits per heavy atom. The molecule has 0 aromatic rings. The monoisotopic (exact) mass is 270 g/mol. The molecule has 0 aliphatic heterocycles. The largest absolute Gasteiger partial charge is 0.478 e. The average Bonchev–Trinajstić information content (AvgIpc) is 2.20. The molecule has 0 amide bonds. The number of ether oxygens (including phenoxy) is 1. The first-order chi connectivity index (χ1) is 8.65. The van der Waals surface area contributed by atoms with Crippen molar-refractivity contribution in [3.8, 4) is 0 Å². The van der Waals surface area contributed by atoms with Crippen LogP contribution in [0.3, 0.4) is 0 Å². The minimum Gasteiger partial charge on any atom is -0.478 e. The lowest BCUT2D eigenvalue weighted by Crippen LogP contribution is -2.20. The highest BCUT2D eigenvalue weighted by Gasteiger charge is 2.23. The summed E-state index contributed by atoms with van der Waals surface area (Å²) < 4.78 is 5.17. The van der Waals surface area contributed by atoms with Crippen molar-refractivity contribution in [2.75, 3.05) is 0 Å². The van der Waals surface area contributed by atoms with E-state index in [1.54, 1.807) is 13.8 Å². The second kappa shape index (κ2) is 7.97. The van der Waals surface area contributed by atoms with Crippen LogP contribution >= 0.6 is 0 Å². The van der Waals surface area contributed by atoms with E-state index in [-0.39, 0.29) is 23.5 Å². The van der Waals surface area contributed by atoms with E-state index in [0.717, 1.165) is 0 Å². The summed E-state index contributed by atoms with van der Waals surface area (Å²) in [6.45, 7) is 11.3. The number of carbonyl (C=O) groups excluding carboxylic acids is 1. The van der Waals surface area contributed by atoms with Gasteiger partial charge >= 0.3 is 11.9 Å². The predicted octanol–water partition coefficient (Wildman–Crippen LogP) is 3.41. The van der Waals surface area contributed by atoms with Gasteiger partial charge in [0, 0.05) is 11.1 Å². The highest BCUT2D eigenvalue weighted by atomic mass is 16.5. The summed E-state index contributed by atoms with van der Waals surface area (Å²) in [6.07, 6.45) is 0.563. The van der Waals surface area contributed by atoms with E-state index < -0.39 is 11.9 Å². The number of rotatable bonds is 7. The van der Waals surface area contributed by atoms with Gasteiger partial charge in [-0.1, -0.05) is 27.7 Å². The van der Waals surface area contributed by atoms with Crippen LogP contribution in [0.1, 0.15) is 54.4 Å². The molecule has 0 heterocycles. The van der Waals surface area contributed by atoms with E-state index >= 15 is 0 Å². The van der Waals surface area contributed by atoms with Gasteiger partial charge in [0.25, 0.3) is 0 Å². The predicted molar refractivity (Wildman–Crippen MR) is 74.8 cm³/mol. The zero-order valence-corrected chi connectivity index (χ0v) is 12.8. The van der Waals surface area contributed by atoms with Crippen LogP contribution in [-0.4, -0.2) is 23.1 Å². The van der Waals surface area contributed by atoms with Crippen molar-refractivity contribution in [3.05, 3.63) is 11.1 Å². The summed E-state index contributed by atoms with van der Waals surface area (Å²) in [5, 5.41) is 9.32. The van der Waals surface area contributed by atoms with Gasteiger partial charge in [0.05, 0.1) is 6.10 Å².